The minimum atomic E-state index is 0.677. The van der Waals surface area contributed by atoms with Crippen LogP contribution < -0.4 is 21.3 Å². The van der Waals surface area contributed by atoms with Crippen molar-refractivity contribution >= 4 is 46.0 Å². The van der Waals surface area contributed by atoms with Gasteiger partial charge >= 0.3 is 0 Å². The zero-order valence-electron chi connectivity index (χ0n) is 17.8. The molecule has 0 aromatic heterocycles. The number of nitrogens with one attached hydrogen (secondary N) is 4. The van der Waals surface area contributed by atoms with Crippen LogP contribution in [0, 0.1) is 25.7 Å². The summed E-state index contributed by atoms with van der Waals surface area (Å²) in [4.78, 5) is 0. The first-order valence-corrected chi connectivity index (χ1v) is 11.5. The van der Waals surface area contributed by atoms with Gasteiger partial charge in [-0.15, -0.1) is 0 Å². The van der Waals surface area contributed by atoms with E-state index in [1.165, 1.54) is 36.8 Å². The third-order valence-electron chi connectivity index (χ3n) is 5.69. The van der Waals surface area contributed by atoms with Gasteiger partial charge in [0.2, 0.25) is 0 Å². The van der Waals surface area contributed by atoms with E-state index in [4.69, 9.17) is 24.4 Å². The SMILES string of the molecule is Cc1ccc(NC(=S)NCC2CCC(CNC(=S)Nc3ccc(C)cc3)CC2)cc1. The number of aryl methyl sites for hydroxylation is 2. The largest absolute Gasteiger partial charge is 0.362 e. The third kappa shape index (κ3) is 7.58. The molecule has 2 aromatic rings. The topological polar surface area (TPSA) is 48.1 Å². The van der Waals surface area contributed by atoms with Gasteiger partial charge in [0.25, 0.3) is 0 Å². The molecule has 30 heavy (non-hydrogen) atoms. The molecular formula is C24H32N4S2. The van der Waals surface area contributed by atoms with Gasteiger partial charge in [-0.05, 0) is 100 Å². The third-order valence-corrected chi connectivity index (χ3v) is 6.18. The molecule has 4 N–H and O–H groups in total. The van der Waals surface area contributed by atoms with Crippen molar-refractivity contribution in [1.82, 2.24) is 10.6 Å². The average molecular weight is 441 g/mol. The molecule has 0 spiro atoms. The van der Waals surface area contributed by atoms with Crippen LogP contribution in [0.15, 0.2) is 48.5 Å². The molecule has 1 aliphatic rings. The van der Waals surface area contributed by atoms with E-state index in [-0.39, 0.29) is 0 Å². The Balaban J connectivity index is 1.29. The summed E-state index contributed by atoms with van der Waals surface area (Å²) in [5.74, 6) is 1.35. The molecule has 1 saturated carbocycles. The summed E-state index contributed by atoms with van der Waals surface area (Å²) < 4.78 is 0. The monoisotopic (exact) mass is 440 g/mol. The van der Waals surface area contributed by atoms with E-state index >= 15 is 0 Å². The van der Waals surface area contributed by atoms with E-state index < -0.39 is 0 Å². The second-order valence-corrected chi connectivity index (χ2v) is 9.11. The summed E-state index contributed by atoms with van der Waals surface area (Å²) >= 11 is 10.9. The maximum Gasteiger partial charge on any atom is 0.170 e. The smallest absolute Gasteiger partial charge is 0.170 e. The fraction of sp³-hybridized carbons (Fsp3) is 0.417. The van der Waals surface area contributed by atoms with Crippen molar-refractivity contribution in [3.63, 3.8) is 0 Å². The fourth-order valence-corrected chi connectivity index (χ4v) is 4.14. The Labute approximate surface area is 191 Å². The molecule has 0 heterocycles. The predicted octanol–water partition coefficient (Wildman–Crippen LogP) is 5.38. The number of thiocarbonyl (C=S) groups is 2. The van der Waals surface area contributed by atoms with E-state index in [1.54, 1.807) is 0 Å². The highest BCUT2D eigenvalue weighted by atomic mass is 32.1. The van der Waals surface area contributed by atoms with Crippen LogP contribution in [0.4, 0.5) is 11.4 Å². The Hall–Kier alpha value is -2.18. The predicted molar refractivity (Wildman–Crippen MR) is 136 cm³/mol. The highest BCUT2D eigenvalue weighted by Gasteiger charge is 2.21. The molecule has 0 aliphatic heterocycles. The van der Waals surface area contributed by atoms with Crippen LogP contribution >= 0.6 is 24.4 Å². The average Bonchev–Trinajstić information content (AvgIpc) is 2.75. The fourth-order valence-electron chi connectivity index (χ4n) is 3.74. The number of hydrogen-bond donors (Lipinski definition) is 4. The Morgan fingerprint density at radius 1 is 0.667 bits per heavy atom. The van der Waals surface area contributed by atoms with Gasteiger partial charge in [0.1, 0.15) is 0 Å². The molecule has 3 rings (SSSR count). The molecular weight excluding hydrogens is 408 g/mol. The van der Waals surface area contributed by atoms with Gasteiger partial charge in [0, 0.05) is 24.5 Å². The Kier molecular flexibility index (Phi) is 8.46. The minimum Gasteiger partial charge on any atom is -0.362 e. The lowest BCUT2D eigenvalue weighted by atomic mass is 9.82. The summed E-state index contributed by atoms with van der Waals surface area (Å²) in [7, 11) is 0. The molecule has 0 bridgehead atoms. The Morgan fingerprint density at radius 3 is 1.33 bits per heavy atom. The zero-order valence-corrected chi connectivity index (χ0v) is 19.5. The van der Waals surface area contributed by atoms with Gasteiger partial charge in [0.15, 0.2) is 10.2 Å². The molecule has 6 heteroatoms. The van der Waals surface area contributed by atoms with Crippen molar-refractivity contribution < 1.29 is 0 Å². The van der Waals surface area contributed by atoms with Crippen molar-refractivity contribution in [3.8, 4) is 0 Å². The molecule has 1 fully saturated rings. The standard InChI is InChI=1S/C24H32N4S2/c1-17-3-11-21(12-4-17)27-23(29)25-15-19-7-9-20(10-8-19)16-26-24(30)28-22-13-5-18(2)6-14-22/h3-6,11-14,19-20H,7-10,15-16H2,1-2H3,(H2,25,27,29)(H2,26,28,30). The van der Waals surface area contributed by atoms with Crippen LogP contribution in [-0.2, 0) is 0 Å². The Bertz CT molecular complexity index is 754. The van der Waals surface area contributed by atoms with Crippen molar-refractivity contribution in [1.29, 1.82) is 0 Å². The quantitative estimate of drug-likeness (QED) is 0.452. The van der Waals surface area contributed by atoms with Gasteiger partial charge in [-0.25, -0.2) is 0 Å². The zero-order chi connectivity index (χ0) is 21.3. The molecule has 0 amide bonds. The summed E-state index contributed by atoms with van der Waals surface area (Å²) in [5, 5.41) is 14.7. The molecule has 0 radical (unpaired) electrons. The lowest BCUT2D eigenvalue weighted by molar-refractivity contribution is 0.275. The minimum absolute atomic E-state index is 0.677. The van der Waals surface area contributed by atoms with E-state index in [0.29, 0.717) is 22.1 Å². The van der Waals surface area contributed by atoms with E-state index in [0.717, 1.165) is 24.5 Å². The maximum atomic E-state index is 5.44. The van der Waals surface area contributed by atoms with Gasteiger partial charge < -0.3 is 21.3 Å². The molecule has 1 aliphatic carbocycles. The first-order chi connectivity index (χ1) is 14.5. The lowest BCUT2D eigenvalue weighted by Crippen LogP contribution is -2.37. The van der Waals surface area contributed by atoms with Crippen LogP contribution in [-0.4, -0.2) is 23.3 Å². The number of hydrogen-bond acceptors (Lipinski definition) is 2. The van der Waals surface area contributed by atoms with Gasteiger partial charge in [-0.2, -0.15) is 0 Å². The van der Waals surface area contributed by atoms with Crippen LogP contribution in [0.25, 0.3) is 0 Å². The van der Waals surface area contributed by atoms with Crippen molar-refractivity contribution in [2.45, 2.75) is 39.5 Å². The highest BCUT2D eigenvalue weighted by Crippen LogP contribution is 2.28. The number of rotatable bonds is 6. The van der Waals surface area contributed by atoms with Crippen LogP contribution in [0.3, 0.4) is 0 Å². The first-order valence-electron chi connectivity index (χ1n) is 10.7. The van der Waals surface area contributed by atoms with Crippen molar-refractivity contribution in [2.75, 3.05) is 23.7 Å². The molecule has 2 aromatic carbocycles. The second kappa shape index (κ2) is 11.3. The lowest BCUT2D eigenvalue weighted by Gasteiger charge is -2.29. The number of anilines is 2. The van der Waals surface area contributed by atoms with E-state index in [1.807, 2.05) is 0 Å². The van der Waals surface area contributed by atoms with Gasteiger partial charge in [-0.3, -0.25) is 0 Å². The van der Waals surface area contributed by atoms with E-state index in [9.17, 15) is 0 Å². The van der Waals surface area contributed by atoms with Gasteiger partial charge in [0.05, 0.1) is 0 Å². The summed E-state index contributed by atoms with van der Waals surface area (Å²) in [6.45, 7) is 6.04. The first kappa shape index (κ1) is 22.5. The Morgan fingerprint density at radius 2 is 1.00 bits per heavy atom. The summed E-state index contributed by atoms with van der Waals surface area (Å²) in [5.41, 5.74) is 4.56. The van der Waals surface area contributed by atoms with Crippen molar-refractivity contribution in [2.24, 2.45) is 11.8 Å². The maximum absolute atomic E-state index is 5.44. The summed E-state index contributed by atoms with van der Waals surface area (Å²) in [6, 6.07) is 16.6. The van der Waals surface area contributed by atoms with Crippen molar-refractivity contribution in [3.05, 3.63) is 59.7 Å². The number of benzene rings is 2. The van der Waals surface area contributed by atoms with E-state index in [2.05, 4.69) is 83.6 Å². The van der Waals surface area contributed by atoms with Crippen LogP contribution in [0.1, 0.15) is 36.8 Å². The second-order valence-electron chi connectivity index (χ2n) is 8.29. The normalized spacial score (nSPS) is 18.3. The van der Waals surface area contributed by atoms with Gasteiger partial charge in [-0.1, -0.05) is 35.4 Å². The van der Waals surface area contributed by atoms with Crippen LogP contribution in [0.2, 0.25) is 0 Å². The summed E-state index contributed by atoms with van der Waals surface area (Å²) in [6.07, 6.45) is 4.91. The molecule has 0 unspecified atom stereocenters. The molecule has 160 valence electrons. The molecule has 4 nitrogen and oxygen atoms in total. The molecule has 0 saturated heterocycles. The molecule has 0 atom stereocenters. The van der Waals surface area contributed by atoms with Crippen LogP contribution in [0.5, 0.6) is 0 Å². The highest BCUT2D eigenvalue weighted by molar-refractivity contribution is 7.80.